The Morgan fingerprint density at radius 1 is 1.47 bits per heavy atom. The molecule has 0 aliphatic rings. The Hall–Kier alpha value is -0.890. The second-order valence-electron chi connectivity index (χ2n) is 4.46. The lowest BCUT2D eigenvalue weighted by atomic mass is 9.94. The topological polar surface area (TPSA) is 38.9 Å². The molecule has 0 saturated heterocycles. The maximum absolute atomic E-state index is 6.11. The van der Waals surface area contributed by atoms with Gasteiger partial charge in [0.25, 0.3) is 0 Å². The molecule has 0 aliphatic carbocycles. The van der Waals surface area contributed by atoms with E-state index in [0.717, 1.165) is 18.8 Å². The zero-order valence-electron chi connectivity index (χ0n) is 9.82. The Bertz CT molecular complexity index is 258. The van der Waals surface area contributed by atoms with Crippen molar-refractivity contribution in [2.24, 2.45) is 11.7 Å². The van der Waals surface area contributed by atoms with Crippen molar-refractivity contribution in [3.63, 3.8) is 0 Å². The molecule has 2 heteroatoms. The van der Waals surface area contributed by atoms with Gasteiger partial charge >= 0.3 is 0 Å². The largest absolute Gasteiger partial charge is 0.327 e. The molecule has 0 saturated carbocycles. The van der Waals surface area contributed by atoms with Crippen LogP contribution >= 0.6 is 0 Å². The van der Waals surface area contributed by atoms with Crippen LogP contribution in [0.2, 0.25) is 0 Å². The fourth-order valence-corrected chi connectivity index (χ4v) is 2.03. The first-order valence-corrected chi connectivity index (χ1v) is 5.86. The second kappa shape index (κ2) is 6.57. The molecule has 0 aliphatic heterocycles. The van der Waals surface area contributed by atoms with E-state index >= 15 is 0 Å². The van der Waals surface area contributed by atoms with Crippen LogP contribution in [0, 0.1) is 5.92 Å². The Kier molecular flexibility index (Phi) is 5.33. The van der Waals surface area contributed by atoms with Crippen molar-refractivity contribution < 1.29 is 0 Å². The van der Waals surface area contributed by atoms with Crippen molar-refractivity contribution in [1.82, 2.24) is 4.98 Å². The Morgan fingerprint density at radius 3 is 2.87 bits per heavy atom. The van der Waals surface area contributed by atoms with E-state index in [2.05, 4.69) is 24.9 Å². The van der Waals surface area contributed by atoms with Gasteiger partial charge < -0.3 is 5.73 Å². The van der Waals surface area contributed by atoms with Gasteiger partial charge in [0.15, 0.2) is 0 Å². The molecule has 0 bridgehead atoms. The number of hydrogen-bond acceptors (Lipinski definition) is 2. The van der Waals surface area contributed by atoms with Crippen LogP contribution in [0.3, 0.4) is 0 Å². The zero-order valence-corrected chi connectivity index (χ0v) is 9.82. The number of nitrogens with zero attached hydrogens (tertiary/aromatic N) is 1. The maximum Gasteiger partial charge on any atom is 0.0300 e. The Labute approximate surface area is 92.9 Å². The average molecular weight is 206 g/mol. The predicted octanol–water partition coefficient (Wildman–Crippen LogP) is 2.78. The number of hydrogen-bond donors (Lipinski definition) is 1. The summed E-state index contributed by atoms with van der Waals surface area (Å²) in [5.41, 5.74) is 7.35. The molecular weight excluding hydrogens is 184 g/mol. The summed E-state index contributed by atoms with van der Waals surface area (Å²) in [4.78, 5) is 4.10. The molecule has 0 fully saturated rings. The van der Waals surface area contributed by atoms with Gasteiger partial charge in [0.1, 0.15) is 0 Å². The third-order valence-electron chi connectivity index (χ3n) is 2.71. The molecule has 1 aromatic heterocycles. The van der Waals surface area contributed by atoms with Crippen molar-refractivity contribution in [2.45, 2.75) is 45.6 Å². The van der Waals surface area contributed by atoms with E-state index in [9.17, 15) is 0 Å². The average Bonchev–Trinajstić information content (AvgIpc) is 2.19. The molecule has 84 valence electrons. The number of nitrogens with two attached hydrogens (primary N) is 1. The minimum atomic E-state index is 0.274. The molecule has 0 spiro atoms. The lowest BCUT2D eigenvalue weighted by Gasteiger charge is -2.16. The highest BCUT2D eigenvalue weighted by Crippen LogP contribution is 2.13. The molecular formula is C13H22N2. The molecule has 0 aromatic carbocycles. The van der Waals surface area contributed by atoms with Crippen LogP contribution in [0.25, 0.3) is 0 Å². The van der Waals surface area contributed by atoms with E-state index in [-0.39, 0.29) is 6.04 Å². The van der Waals surface area contributed by atoms with Crippen molar-refractivity contribution >= 4 is 0 Å². The number of pyridine rings is 1. The van der Waals surface area contributed by atoms with E-state index in [4.69, 9.17) is 5.73 Å². The second-order valence-corrected chi connectivity index (χ2v) is 4.46. The maximum atomic E-state index is 6.11. The predicted molar refractivity (Wildman–Crippen MR) is 64.6 cm³/mol. The molecule has 2 nitrogen and oxygen atoms in total. The highest BCUT2D eigenvalue weighted by atomic mass is 14.6. The third-order valence-corrected chi connectivity index (χ3v) is 2.71. The standard InChI is InChI=1S/C13H22N2/c1-3-5-11(2)8-13(14)9-12-6-4-7-15-10-12/h4,6-7,10-11,13H,3,5,8-9,14H2,1-2H3. The summed E-state index contributed by atoms with van der Waals surface area (Å²) >= 11 is 0. The molecule has 0 radical (unpaired) electrons. The molecule has 1 rings (SSSR count). The van der Waals surface area contributed by atoms with Gasteiger partial charge in [-0.05, 0) is 30.4 Å². The quantitative estimate of drug-likeness (QED) is 0.777. The van der Waals surface area contributed by atoms with Gasteiger partial charge in [0.05, 0.1) is 0 Å². The molecule has 2 unspecified atom stereocenters. The van der Waals surface area contributed by atoms with E-state index in [1.165, 1.54) is 18.4 Å². The first-order chi connectivity index (χ1) is 7.22. The summed E-state index contributed by atoms with van der Waals surface area (Å²) in [5.74, 6) is 0.738. The van der Waals surface area contributed by atoms with Crippen LogP contribution in [-0.4, -0.2) is 11.0 Å². The SMILES string of the molecule is CCCC(C)CC(N)Cc1cccnc1. The summed E-state index contributed by atoms with van der Waals surface area (Å²) < 4.78 is 0. The summed E-state index contributed by atoms with van der Waals surface area (Å²) in [5, 5.41) is 0. The first kappa shape index (κ1) is 12.2. The van der Waals surface area contributed by atoms with E-state index in [1.54, 1.807) is 6.20 Å². The van der Waals surface area contributed by atoms with Gasteiger partial charge in [-0.15, -0.1) is 0 Å². The minimum absolute atomic E-state index is 0.274. The fraction of sp³-hybridized carbons (Fsp3) is 0.615. The lowest BCUT2D eigenvalue weighted by Crippen LogP contribution is -2.25. The van der Waals surface area contributed by atoms with Gasteiger partial charge in [-0.25, -0.2) is 0 Å². The van der Waals surface area contributed by atoms with E-state index in [0.29, 0.717) is 0 Å². The van der Waals surface area contributed by atoms with Crippen LogP contribution in [0.4, 0.5) is 0 Å². The molecule has 1 heterocycles. The van der Waals surface area contributed by atoms with Crippen molar-refractivity contribution in [3.05, 3.63) is 30.1 Å². The number of aromatic nitrogens is 1. The molecule has 2 N–H and O–H groups in total. The lowest BCUT2D eigenvalue weighted by molar-refractivity contribution is 0.431. The molecule has 0 amide bonds. The van der Waals surface area contributed by atoms with Crippen molar-refractivity contribution in [1.29, 1.82) is 0 Å². The minimum Gasteiger partial charge on any atom is -0.327 e. The third kappa shape index (κ3) is 4.93. The van der Waals surface area contributed by atoms with E-state index in [1.807, 2.05) is 12.3 Å². The van der Waals surface area contributed by atoms with Gasteiger partial charge in [-0.2, -0.15) is 0 Å². The van der Waals surface area contributed by atoms with Crippen molar-refractivity contribution in [3.8, 4) is 0 Å². The summed E-state index contributed by atoms with van der Waals surface area (Å²) in [7, 11) is 0. The van der Waals surface area contributed by atoms with Gasteiger partial charge in [0.2, 0.25) is 0 Å². The molecule has 1 aromatic rings. The highest BCUT2D eigenvalue weighted by molar-refractivity contribution is 5.09. The highest BCUT2D eigenvalue weighted by Gasteiger charge is 2.09. The van der Waals surface area contributed by atoms with Gasteiger partial charge in [0, 0.05) is 18.4 Å². The zero-order chi connectivity index (χ0) is 11.1. The first-order valence-electron chi connectivity index (χ1n) is 5.86. The molecule has 2 atom stereocenters. The van der Waals surface area contributed by atoms with Crippen LogP contribution in [-0.2, 0) is 6.42 Å². The van der Waals surface area contributed by atoms with Crippen LogP contribution in [0.15, 0.2) is 24.5 Å². The normalized spacial score (nSPS) is 14.9. The summed E-state index contributed by atoms with van der Waals surface area (Å²) in [6.45, 7) is 4.51. The van der Waals surface area contributed by atoms with Crippen LogP contribution < -0.4 is 5.73 Å². The number of rotatable bonds is 6. The monoisotopic (exact) mass is 206 g/mol. The Balaban J connectivity index is 2.33. The Morgan fingerprint density at radius 2 is 2.27 bits per heavy atom. The van der Waals surface area contributed by atoms with Crippen LogP contribution in [0.5, 0.6) is 0 Å². The van der Waals surface area contributed by atoms with Gasteiger partial charge in [-0.3, -0.25) is 4.98 Å². The van der Waals surface area contributed by atoms with Crippen LogP contribution in [0.1, 0.15) is 38.7 Å². The molecule has 15 heavy (non-hydrogen) atoms. The summed E-state index contributed by atoms with van der Waals surface area (Å²) in [6.07, 6.45) is 8.30. The van der Waals surface area contributed by atoms with E-state index < -0.39 is 0 Å². The fourth-order valence-electron chi connectivity index (χ4n) is 2.03. The smallest absolute Gasteiger partial charge is 0.0300 e. The van der Waals surface area contributed by atoms with Crippen molar-refractivity contribution in [2.75, 3.05) is 0 Å². The van der Waals surface area contributed by atoms with Gasteiger partial charge in [-0.1, -0.05) is 32.8 Å². The summed E-state index contributed by atoms with van der Waals surface area (Å²) in [6, 6.07) is 4.34.